The van der Waals surface area contributed by atoms with Gasteiger partial charge in [-0.3, -0.25) is 18.2 Å². The first-order valence-electron chi connectivity index (χ1n) is 19.1. The minimum Gasteiger partial charge on any atom is -0.355 e. The molecule has 346 valence electrons. The van der Waals surface area contributed by atoms with Crippen molar-refractivity contribution < 1.29 is 51.9 Å². The van der Waals surface area contributed by atoms with Crippen molar-refractivity contribution in [3.8, 4) is 33.4 Å². The van der Waals surface area contributed by atoms with Crippen molar-refractivity contribution in [1.82, 2.24) is 19.9 Å². The van der Waals surface area contributed by atoms with Gasteiger partial charge < -0.3 is 9.97 Å². The molecule has 0 spiro atoms. The monoisotopic (exact) mass is 1070 g/mol. The first-order valence-corrected chi connectivity index (χ1v) is 26.4. The van der Waals surface area contributed by atoms with Gasteiger partial charge in [-0.05, 0) is 72.8 Å². The van der Waals surface area contributed by atoms with Crippen LogP contribution in [0.1, 0.15) is 28.3 Å². The summed E-state index contributed by atoms with van der Waals surface area (Å²) in [6.07, 6.45) is 4.59. The Morgan fingerprint density at radius 3 is 1.29 bits per heavy atom. The van der Waals surface area contributed by atoms with E-state index < -0.39 is 108 Å². The lowest BCUT2D eigenvalue weighted by Crippen LogP contribution is -2.06. The maximum absolute atomic E-state index is 13.6. The van der Waals surface area contributed by atoms with Crippen molar-refractivity contribution in [3.63, 3.8) is 0 Å². The maximum atomic E-state index is 13.6. The predicted octanol–water partition coefficient (Wildman–Crippen LogP) is 10.7. The SMILES string of the molecule is O=S(=O)(O)c1c(Cl)cccc1C1=Cc2cc3ccc(cc4nc(cc5[nH]c(c(-c6cccc(Cl)c6S(=O)(=O)O)c1n2)c(-c1cccc(Cl)c1S(=O)(=O)O)c5-c1cccc(Cl)c1S(=O)(=O)O)C=C4)[nH]3. The highest BCUT2D eigenvalue weighted by molar-refractivity contribution is 7.87. The van der Waals surface area contributed by atoms with Crippen molar-refractivity contribution in [1.29, 1.82) is 0 Å². The Hall–Kier alpha value is -5.72. The number of aromatic nitrogens is 4. The van der Waals surface area contributed by atoms with Crippen LogP contribution < -0.4 is 0 Å². The molecule has 0 atom stereocenters. The maximum Gasteiger partial charge on any atom is 0.296 e. The van der Waals surface area contributed by atoms with E-state index in [2.05, 4.69) is 9.97 Å². The van der Waals surface area contributed by atoms with Gasteiger partial charge in [0.1, 0.15) is 19.6 Å². The lowest BCUT2D eigenvalue weighted by atomic mass is 9.90. The zero-order chi connectivity index (χ0) is 48.8. The molecule has 7 aromatic rings. The van der Waals surface area contributed by atoms with Crippen LogP contribution in [0, 0.1) is 0 Å². The fourth-order valence-corrected chi connectivity index (χ4v) is 13.1. The Morgan fingerprint density at radius 2 is 0.824 bits per heavy atom. The summed E-state index contributed by atoms with van der Waals surface area (Å²) >= 11 is 26.2. The predicted molar refractivity (Wildman–Crippen MR) is 259 cm³/mol. The van der Waals surface area contributed by atoms with Crippen LogP contribution in [-0.4, -0.2) is 71.8 Å². The number of halogens is 4. The molecule has 68 heavy (non-hydrogen) atoms. The van der Waals surface area contributed by atoms with Gasteiger partial charge in [-0.15, -0.1) is 0 Å². The summed E-state index contributed by atoms with van der Waals surface area (Å²) in [6.45, 7) is 0. The first kappa shape index (κ1) is 47.4. The molecule has 0 radical (unpaired) electrons. The van der Waals surface area contributed by atoms with E-state index in [0.29, 0.717) is 16.7 Å². The Kier molecular flexibility index (Phi) is 11.9. The van der Waals surface area contributed by atoms with Crippen LogP contribution in [0.4, 0.5) is 0 Å². The number of nitrogens with zero attached hydrogens (tertiary/aromatic N) is 2. The standard InChI is InChI=1S/C44H26Cl4N4O12S4/c45-31-9-1-5-26(41(31)65(53,54)55)30-19-25-18-23-14-13-21(49-23)17-22-15-16-24(50-22)20-35-36(27-6-2-10-32(46)42(27)66(56,57)58)37(28-7-3-11-33(47)43(28)67(59,60)61)40(52-35)38(39(30)51-25)29-8-4-12-34(48)44(29)68(62,63)64/h1-20,49,52H,(H,53,54,55)(H,56,57,58)(H,59,60,61)(H,62,63,64). The lowest BCUT2D eigenvalue weighted by molar-refractivity contribution is 0.481. The second kappa shape index (κ2) is 17.1. The molecular weight excluding hydrogens is 1050 g/mol. The molecule has 5 heterocycles. The zero-order valence-corrected chi connectivity index (χ0v) is 39.9. The number of rotatable bonds is 8. The molecule has 0 unspecified atom stereocenters. The molecule has 24 heteroatoms. The minimum absolute atomic E-state index is 0.0448. The summed E-state index contributed by atoms with van der Waals surface area (Å²) in [5, 5.41) is -2.08. The van der Waals surface area contributed by atoms with Crippen molar-refractivity contribution in [2.24, 2.45) is 0 Å². The van der Waals surface area contributed by atoms with Gasteiger partial charge in [0.25, 0.3) is 40.5 Å². The number of aromatic amines is 2. The van der Waals surface area contributed by atoms with Crippen molar-refractivity contribution in [2.75, 3.05) is 0 Å². The van der Waals surface area contributed by atoms with E-state index in [4.69, 9.17) is 56.4 Å². The smallest absolute Gasteiger partial charge is 0.296 e. The van der Waals surface area contributed by atoms with Gasteiger partial charge in [0.15, 0.2) is 0 Å². The highest BCUT2D eigenvalue weighted by atomic mass is 35.5. The second-order valence-corrected chi connectivity index (χ2v) is 22.0. The van der Waals surface area contributed by atoms with Gasteiger partial charge in [-0.2, -0.15) is 33.7 Å². The minimum atomic E-state index is -5.39. The van der Waals surface area contributed by atoms with Crippen LogP contribution in [0.3, 0.4) is 0 Å². The van der Waals surface area contributed by atoms with E-state index in [1.54, 1.807) is 30.4 Å². The number of benzene rings is 4. The molecule has 4 aromatic carbocycles. The molecule has 0 saturated heterocycles. The van der Waals surface area contributed by atoms with Gasteiger partial charge in [0.2, 0.25) is 0 Å². The largest absolute Gasteiger partial charge is 0.355 e. The third-order valence-electron chi connectivity index (χ3n) is 10.6. The van der Waals surface area contributed by atoms with Crippen molar-refractivity contribution >= 4 is 133 Å². The van der Waals surface area contributed by atoms with Crippen LogP contribution in [-0.2, 0) is 40.5 Å². The average molecular weight is 1070 g/mol. The quantitative estimate of drug-likeness (QED) is 0.0773. The van der Waals surface area contributed by atoms with Crippen LogP contribution >= 0.6 is 46.4 Å². The summed E-state index contributed by atoms with van der Waals surface area (Å²) in [5.74, 6) is 0. The molecule has 3 aromatic heterocycles. The van der Waals surface area contributed by atoms with Gasteiger partial charge in [-0.25, -0.2) is 9.97 Å². The van der Waals surface area contributed by atoms with E-state index in [1.807, 2.05) is 0 Å². The Morgan fingerprint density at radius 1 is 0.426 bits per heavy atom. The van der Waals surface area contributed by atoms with Crippen LogP contribution in [0.25, 0.3) is 79.2 Å². The molecule has 2 aliphatic heterocycles. The van der Waals surface area contributed by atoms with Crippen LogP contribution in [0.2, 0.25) is 20.1 Å². The molecule has 0 amide bonds. The van der Waals surface area contributed by atoms with Crippen molar-refractivity contribution in [2.45, 2.75) is 19.6 Å². The summed E-state index contributed by atoms with van der Waals surface area (Å²) < 4.78 is 151. The van der Waals surface area contributed by atoms with Gasteiger partial charge in [0, 0.05) is 61.1 Å². The average Bonchev–Trinajstić information content (AvgIpc) is 4.03. The molecule has 6 N–H and O–H groups in total. The highest BCUT2D eigenvalue weighted by Gasteiger charge is 2.35. The molecule has 8 bridgehead atoms. The molecule has 0 fully saturated rings. The van der Waals surface area contributed by atoms with Gasteiger partial charge >= 0.3 is 0 Å². The molecule has 16 nitrogen and oxygen atoms in total. The number of fused-ring (bicyclic) bond motifs is 8. The van der Waals surface area contributed by atoms with Crippen LogP contribution in [0.5, 0.6) is 0 Å². The van der Waals surface area contributed by atoms with E-state index >= 15 is 0 Å². The van der Waals surface area contributed by atoms with Crippen molar-refractivity contribution in [3.05, 3.63) is 152 Å². The molecule has 9 rings (SSSR count). The van der Waals surface area contributed by atoms with E-state index in [-0.39, 0.29) is 44.8 Å². The Bertz CT molecular complexity index is 4100. The normalized spacial score (nSPS) is 13.2. The zero-order valence-electron chi connectivity index (χ0n) is 33.6. The third-order valence-corrected chi connectivity index (χ3v) is 16.1. The second-order valence-electron chi connectivity index (χ2n) is 14.9. The number of H-pyrrole nitrogens is 2. The number of hydrogen-bond donors (Lipinski definition) is 6. The summed E-state index contributed by atoms with van der Waals surface area (Å²) in [4.78, 5) is 12.3. The summed E-state index contributed by atoms with van der Waals surface area (Å²) in [6, 6.07) is 22.7. The summed E-state index contributed by atoms with van der Waals surface area (Å²) in [5.41, 5.74) is -2.20. The van der Waals surface area contributed by atoms with E-state index in [0.717, 1.165) is 18.2 Å². The first-order chi connectivity index (χ1) is 31.9. The Labute approximate surface area is 406 Å². The van der Waals surface area contributed by atoms with E-state index in [1.165, 1.54) is 72.8 Å². The van der Waals surface area contributed by atoms with Gasteiger partial charge in [0.05, 0.1) is 48.4 Å². The number of hydrogen-bond acceptors (Lipinski definition) is 10. The number of nitrogens with one attached hydrogen (secondary N) is 2. The highest BCUT2D eigenvalue weighted by Crippen LogP contribution is 2.51. The van der Waals surface area contributed by atoms with Crippen LogP contribution in [0.15, 0.2) is 123 Å². The third kappa shape index (κ3) is 8.67. The van der Waals surface area contributed by atoms with Gasteiger partial charge in [-0.1, -0.05) is 94.9 Å². The fraction of sp³-hybridized carbons (Fsp3) is 0. The lowest BCUT2D eigenvalue weighted by Gasteiger charge is -2.17. The summed E-state index contributed by atoms with van der Waals surface area (Å²) in [7, 11) is -21.3. The topological polar surface area (TPSA) is 275 Å². The van der Waals surface area contributed by atoms with E-state index in [9.17, 15) is 51.9 Å². The fourth-order valence-electron chi connectivity index (χ4n) is 8.16. The molecular formula is C44H26Cl4N4O12S4. The Balaban J connectivity index is 1.70. The molecule has 2 aliphatic rings. The molecule has 0 aliphatic carbocycles. The molecule has 0 saturated carbocycles.